The maximum absolute atomic E-state index is 10.8. The summed E-state index contributed by atoms with van der Waals surface area (Å²) in [5.41, 5.74) is 1.65. The van der Waals surface area contributed by atoms with Gasteiger partial charge in [0.25, 0.3) is 6.01 Å². The van der Waals surface area contributed by atoms with Crippen LogP contribution < -0.4 is 10.6 Å². The van der Waals surface area contributed by atoms with Gasteiger partial charge in [0.15, 0.2) is 5.58 Å². The molecule has 0 aliphatic heterocycles. The van der Waals surface area contributed by atoms with E-state index < -0.39 is 0 Å². The Morgan fingerprint density at radius 2 is 2.29 bits per heavy atom. The maximum atomic E-state index is 10.8. The molecular weight excluding hydrogens is 334 g/mol. The fraction of sp³-hybridized carbons (Fsp3) is 0.467. The van der Waals surface area contributed by atoms with Gasteiger partial charge in [-0.2, -0.15) is 4.98 Å². The quantitative estimate of drug-likeness (QED) is 0.867. The van der Waals surface area contributed by atoms with Crippen molar-refractivity contribution >= 4 is 39.0 Å². The molecule has 0 radical (unpaired) electrons. The Bertz CT molecular complexity index is 649. The number of anilines is 1. The molecule has 2 N–H and O–H groups in total. The lowest BCUT2D eigenvalue weighted by molar-refractivity contribution is -0.119. The van der Waals surface area contributed by atoms with Gasteiger partial charge in [0.1, 0.15) is 5.52 Å². The number of nitrogens with zero attached hydrogens (tertiary/aromatic N) is 1. The Morgan fingerprint density at radius 3 is 3.05 bits per heavy atom. The third kappa shape index (κ3) is 3.56. The molecular formula is C15H18BrN3O2. The highest BCUT2D eigenvalue weighted by Crippen LogP contribution is 2.33. The summed E-state index contributed by atoms with van der Waals surface area (Å²) >= 11 is 3.42. The van der Waals surface area contributed by atoms with Crippen LogP contribution in [0.2, 0.25) is 0 Å². The minimum atomic E-state index is 0.0432. The van der Waals surface area contributed by atoms with Crippen LogP contribution in [0.4, 0.5) is 6.01 Å². The van der Waals surface area contributed by atoms with Crippen molar-refractivity contribution in [1.82, 2.24) is 10.3 Å². The van der Waals surface area contributed by atoms with Crippen LogP contribution in [-0.2, 0) is 4.79 Å². The molecule has 0 spiro atoms. The first kappa shape index (κ1) is 14.4. The van der Waals surface area contributed by atoms with Gasteiger partial charge in [-0.3, -0.25) is 4.79 Å². The maximum Gasteiger partial charge on any atom is 0.295 e. The second-order valence-electron chi connectivity index (χ2n) is 5.58. The molecule has 0 unspecified atom stereocenters. The second kappa shape index (κ2) is 6.05. The lowest BCUT2D eigenvalue weighted by Crippen LogP contribution is -2.37. The van der Waals surface area contributed by atoms with Crippen LogP contribution >= 0.6 is 15.9 Å². The SMILES string of the molecule is CC(=O)NCCC1CC(Nc2nc3ccc(Br)cc3o2)C1. The minimum Gasteiger partial charge on any atom is -0.424 e. The molecule has 112 valence electrons. The fourth-order valence-electron chi connectivity index (χ4n) is 2.68. The summed E-state index contributed by atoms with van der Waals surface area (Å²) < 4.78 is 6.68. The number of hydrogen-bond donors (Lipinski definition) is 2. The van der Waals surface area contributed by atoms with Crippen LogP contribution in [0.1, 0.15) is 26.2 Å². The summed E-state index contributed by atoms with van der Waals surface area (Å²) in [5.74, 6) is 0.717. The molecule has 1 aromatic heterocycles. The summed E-state index contributed by atoms with van der Waals surface area (Å²) in [7, 11) is 0. The molecule has 1 amide bonds. The molecule has 2 aromatic rings. The number of hydrogen-bond acceptors (Lipinski definition) is 4. The number of carbonyl (C=O) groups is 1. The first-order chi connectivity index (χ1) is 10.1. The molecule has 1 aliphatic carbocycles. The highest BCUT2D eigenvalue weighted by Gasteiger charge is 2.29. The summed E-state index contributed by atoms with van der Waals surface area (Å²) in [6.07, 6.45) is 3.24. The van der Waals surface area contributed by atoms with Gasteiger partial charge in [-0.05, 0) is 43.4 Å². The predicted molar refractivity (Wildman–Crippen MR) is 85.1 cm³/mol. The fourth-order valence-corrected chi connectivity index (χ4v) is 3.02. The highest BCUT2D eigenvalue weighted by atomic mass is 79.9. The zero-order valence-corrected chi connectivity index (χ0v) is 13.4. The number of carbonyl (C=O) groups excluding carboxylic acids is 1. The van der Waals surface area contributed by atoms with E-state index in [9.17, 15) is 4.79 Å². The molecule has 0 atom stereocenters. The molecule has 6 heteroatoms. The van der Waals surface area contributed by atoms with Crippen LogP contribution in [0.3, 0.4) is 0 Å². The molecule has 1 aromatic carbocycles. The largest absolute Gasteiger partial charge is 0.424 e. The van der Waals surface area contributed by atoms with Crippen molar-refractivity contribution < 1.29 is 9.21 Å². The van der Waals surface area contributed by atoms with Gasteiger partial charge < -0.3 is 15.1 Å². The highest BCUT2D eigenvalue weighted by molar-refractivity contribution is 9.10. The van der Waals surface area contributed by atoms with Crippen molar-refractivity contribution in [1.29, 1.82) is 0 Å². The molecule has 1 aliphatic rings. The topological polar surface area (TPSA) is 67.2 Å². The van der Waals surface area contributed by atoms with Crippen molar-refractivity contribution in [3.8, 4) is 0 Å². The Kier molecular flexibility index (Phi) is 4.14. The number of fused-ring (bicyclic) bond motifs is 1. The van der Waals surface area contributed by atoms with Crippen molar-refractivity contribution in [2.75, 3.05) is 11.9 Å². The number of benzene rings is 1. The zero-order valence-electron chi connectivity index (χ0n) is 11.9. The normalized spacial score (nSPS) is 21.0. The van der Waals surface area contributed by atoms with E-state index in [0.717, 1.165) is 41.4 Å². The summed E-state index contributed by atoms with van der Waals surface area (Å²) in [5, 5.41) is 6.17. The van der Waals surface area contributed by atoms with E-state index in [2.05, 4.69) is 31.5 Å². The van der Waals surface area contributed by atoms with Gasteiger partial charge in [-0.15, -0.1) is 0 Å². The first-order valence-corrected chi connectivity index (χ1v) is 7.96. The summed E-state index contributed by atoms with van der Waals surface area (Å²) in [6.45, 7) is 2.32. The van der Waals surface area contributed by atoms with E-state index in [-0.39, 0.29) is 5.91 Å². The van der Waals surface area contributed by atoms with Crippen LogP contribution in [0, 0.1) is 5.92 Å². The molecule has 1 fully saturated rings. The van der Waals surface area contributed by atoms with Gasteiger partial charge in [0, 0.05) is 24.0 Å². The van der Waals surface area contributed by atoms with E-state index in [0.29, 0.717) is 18.0 Å². The van der Waals surface area contributed by atoms with Crippen LogP contribution in [0.25, 0.3) is 11.1 Å². The smallest absolute Gasteiger partial charge is 0.295 e. The van der Waals surface area contributed by atoms with Crippen LogP contribution in [0.15, 0.2) is 27.1 Å². The molecule has 3 rings (SSSR count). The summed E-state index contributed by atoms with van der Waals surface area (Å²) in [4.78, 5) is 15.2. The van der Waals surface area contributed by atoms with Crippen LogP contribution in [-0.4, -0.2) is 23.5 Å². The molecule has 21 heavy (non-hydrogen) atoms. The van der Waals surface area contributed by atoms with E-state index in [1.807, 2.05) is 18.2 Å². The van der Waals surface area contributed by atoms with Crippen molar-refractivity contribution in [2.24, 2.45) is 5.92 Å². The van der Waals surface area contributed by atoms with Crippen molar-refractivity contribution in [3.63, 3.8) is 0 Å². The Balaban J connectivity index is 1.48. The number of rotatable bonds is 5. The Hall–Kier alpha value is -1.56. The average molecular weight is 352 g/mol. The number of aromatic nitrogens is 1. The van der Waals surface area contributed by atoms with E-state index >= 15 is 0 Å². The van der Waals surface area contributed by atoms with Gasteiger partial charge in [0.05, 0.1) is 0 Å². The van der Waals surface area contributed by atoms with E-state index in [1.54, 1.807) is 6.92 Å². The third-order valence-corrected chi connectivity index (χ3v) is 4.33. The monoisotopic (exact) mass is 351 g/mol. The third-order valence-electron chi connectivity index (χ3n) is 3.84. The average Bonchev–Trinajstić information content (AvgIpc) is 2.76. The lowest BCUT2D eigenvalue weighted by Gasteiger charge is -2.35. The van der Waals surface area contributed by atoms with Gasteiger partial charge in [-0.1, -0.05) is 15.9 Å². The lowest BCUT2D eigenvalue weighted by atomic mass is 9.78. The number of nitrogens with one attached hydrogen (secondary N) is 2. The molecule has 0 bridgehead atoms. The number of amides is 1. The first-order valence-electron chi connectivity index (χ1n) is 7.17. The van der Waals surface area contributed by atoms with Crippen molar-refractivity contribution in [3.05, 3.63) is 22.7 Å². The predicted octanol–water partition coefficient (Wildman–Crippen LogP) is 3.31. The molecule has 5 nitrogen and oxygen atoms in total. The molecule has 0 saturated heterocycles. The number of halogens is 1. The Labute approximate surface area is 131 Å². The van der Waals surface area contributed by atoms with Crippen LogP contribution in [0.5, 0.6) is 0 Å². The van der Waals surface area contributed by atoms with E-state index in [1.165, 1.54) is 0 Å². The second-order valence-corrected chi connectivity index (χ2v) is 6.50. The number of oxazole rings is 1. The standard InChI is InChI=1S/C15H18BrN3O2/c1-9(20)17-5-4-10-6-12(7-10)18-15-19-13-3-2-11(16)8-14(13)21-15/h2-3,8,10,12H,4-7H2,1H3,(H,17,20)(H,18,19). The molecule has 1 saturated carbocycles. The summed E-state index contributed by atoms with van der Waals surface area (Å²) in [6, 6.07) is 6.82. The Morgan fingerprint density at radius 1 is 1.48 bits per heavy atom. The zero-order chi connectivity index (χ0) is 14.8. The van der Waals surface area contributed by atoms with Gasteiger partial charge in [0.2, 0.25) is 5.91 Å². The van der Waals surface area contributed by atoms with Crippen molar-refractivity contribution in [2.45, 2.75) is 32.2 Å². The molecule has 1 heterocycles. The van der Waals surface area contributed by atoms with E-state index in [4.69, 9.17) is 4.42 Å². The van der Waals surface area contributed by atoms with Gasteiger partial charge in [-0.25, -0.2) is 0 Å². The van der Waals surface area contributed by atoms with Gasteiger partial charge >= 0.3 is 0 Å². The minimum absolute atomic E-state index is 0.0432.